The lowest BCUT2D eigenvalue weighted by Gasteiger charge is -2.38. The van der Waals surface area contributed by atoms with Crippen LogP contribution in [0, 0.1) is 11.7 Å². The van der Waals surface area contributed by atoms with E-state index in [-0.39, 0.29) is 11.9 Å². The quantitative estimate of drug-likeness (QED) is 0.903. The minimum Gasteiger partial charge on any atom is -0.329 e. The van der Waals surface area contributed by atoms with Gasteiger partial charge in [-0.15, -0.1) is 0 Å². The molecule has 1 aromatic rings. The molecule has 2 N–H and O–H groups in total. The zero-order valence-corrected chi connectivity index (χ0v) is 12.0. The zero-order chi connectivity index (χ0) is 13.8. The van der Waals surface area contributed by atoms with E-state index in [1.165, 1.54) is 31.7 Å². The molecule has 0 spiro atoms. The first-order valence-corrected chi connectivity index (χ1v) is 7.30. The Bertz CT molecular complexity index is 399. The van der Waals surface area contributed by atoms with Crippen LogP contribution in [0.4, 0.5) is 4.39 Å². The smallest absolute Gasteiger partial charge is 0.128 e. The molecule has 0 bridgehead atoms. The number of halogens is 1. The van der Waals surface area contributed by atoms with E-state index < -0.39 is 0 Å². The van der Waals surface area contributed by atoms with E-state index in [0.29, 0.717) is 12.6 Å². The molecular formula is C16H25FN2. The fraction of sp³-hybridized carbons (Fsp3) is 0.625. The Morgan fingerprint density at radius 2 is 1.89 bits per heavy atom. The van der Waals surface area contributed by atoms with E-state index in [4.69, 9.17) is 5.73 Å². The molecule has 1 aliphatic carbocycles. The van der Waals surface area contributed by atoms with E-state index >= 15 is 0 Å². The zero-order valence-electron chi connectivity index (χ0n) is 12.0. The van der Waals surface area contributed by atoms with Crippen molar-refractivity contribution in [3.8, 4) is 0 Å². The summed E-state index contributed by atoms with van der Waals surface area (Å²) in [6.07, 6.45) is 4.93. The SMILES string of the molecule is CC1CCC(N(C)C(CN)c2ccccc2F)CC1. The molecule has 19 heavy (non-hydrogen) atoms. The van der Waals surface area contributed by atoms with Crippen LogP contribution in [0.15, 0.2) is 24.3 Å². The van der Waals surface area contributed by atoms with E-state index in [9.17, 15) is 4.39 Å². The summed E-state index contributed by atoms with van der Waals surface area (Å²) in [6, 6.07) is 7.51. The second kappa shape index (κ2) is 6.49. The van der Waals surface area contributed by atoms with Gasteiger partial charge in [0, 0.05) is 24.2 Å². The van der Waals surface area contributed by atoms with Gasteiger partial charge in [0.15, 0.2) is 0 Å². The van der Waals surface area contributed by atoms with E-state index in [1.54, 1.807) is 6.07 Å². The molecule has 0 heterocycles. The van der Waals surface area contributed by atoms with Gasteiger partial charge in [0.2, 0.25) is 0 Å². The summed E-state index contributed by atoms with van der Waals surface area (Å²) in [6.45, 7) is 2.77. The lowest BCUT2D eigenvalue weighted by Crippen LogP contribution is -2.40. The van der Waals surface area contributed by atoms with E-state index in [0.717, 1.165) is 11.5 Å². The molecule has 0 saturated heterocycles. The normalized spacial score (nSPS) is 25.5. The first kappa shape index (κ1) is 14.5. The van der Waals surface area contributed by atoms with Gasteiger partial charge in [-0.2, -0.15) is 0 Å². The van der Waals surface area contributed by atoms with Gasteiger partial charge in [-0.3, -0.25) is 4.90 Å². The molecule has 0 radical (unpaired) electrons. The fourth-order valence-corrected chi connectivity index (χ4v) is 3.16. The molecule has 1 aromatic carbocycles. The Labute approximate surface area is 115 Å². The Balaban J connectivity index is 2.11. The molecule has 1 atom stereocenters. The highest BCUT2D eigenvalue weighted by atomic mass is 19.1. The standard InChI is InChI=1S/C16H25FN2/c1-12-7-9-13(10-8-12)19(2)16(11-18)14-5-3-4-6-15(14)17/h3-6,12-13,16H,7-11,18H2,1-2H3. The predicted octanol–water partition coefficient (Wildman–Crippen LogP) is 3.34. The molecule has 106 valence electrons. The summed E-state index contributed by atoms with van der Waals surface area (Å²) in [7, 11) is 2.09. The van der Waals surface area contributed by atoms with E-state index in [1.807, 2.05) is 12.1 Å². The second-order valence-corrected chi connectivity index (χ2v) is 5.85. The minimum atomic E-state index is -0.144. The van der Waals surface area contributed by atoms with Crippen molar-refractivity contribution in [2.75, 3.05) is 13.6 Å². The van der Waals surface area contributed by atoms with Gasteiger partial charge in [0.05, 0.1) is 0 Å². The van der Waals surface area contributed by atoms with Crippen LogP contribution in [0.3, 0.4) is 0 Å². The van der Waals surface area contributed by atoms with Crippen molar-refractivity contribution < 1.29 is 4.39 Å². The first-order valence-electron chi connectivity index (χ1n) is 7.30. The Morgan fingerprint density at radius 3 is 2.47 bits per heavy atom. The molecule has 0 aromatic heterocycles. The summed E-state index contributed by atoms with van der Waals surface area (Å²) in [5.41, 5.74) is 6.63. The molecule has 3 heteroatoms. The van der Waals surface area contributed by atoms with Gasteiger partial charge >= 0.3 is 0 Å². The molecule has 2 rings (SSSR count). The monoisotopic (exact) mass is 264 g/mol. The molecule has 1 saturated carbocycles. The lowest BCUT2D eigenvalue weighted by atomic mass is 9.86. The fourth-order valence-electron chi connectivity index (χ4n) is 3.16. The highest BCUT2D eigenvalue weighted by molar-refractivity contribution is 5.21. The van der Waals surface area contributed by atoms with Crippen LogP contribution in [0.25, 0.3) is 0 Å². The van der Waals surface area contributed by atoms with Crippen molar-refractivity contribution in [3.63, 3.8) is 0 Å². The average Bonchev–Trinajstić information content (AvgIpc) is 2.42. The summed E-state index contributed by atoms with van der Waals surface area (Å²) in [5, 5.41) is 0. The van der Waals surface area contributed by atoms with Gasteiger partial charge < -0.3 is 5.73 Å². The summed E-state index contributed by atoms with van der Waals surface area (Å²) >= 11 is 0. The van der Waals surface area contributed by atoms with Crippen LogP contribution in [0.5, 0.6) is 0 Å². The highest BCUT2D eigenvalue weighted by Gasteiger charge is 2.27. The summed E-state index contributed by atoms with van der Waals surface area (Å²) < 4.78 is 13.9. The average molecular weight is 264 g/mol. The van der Waals surface area contributed by atoms with Gasteiger partial charge in [-0.1, -0.05) is 25.1 Å². The highest BCUT2D eigenvalue weighted by Crippen LogP contribution is 2.31. The topological polar surface area (TPSA) is 29.3 Å². The van der Waals surface area contributed by atoms with Crippen molar-refractivity contribution >= 4 is 0 Å². The second-order valence-electron chi connectivity index (χ2n) is 5.85. The molecule has 0 amide bonds. The number of rotatable bonds is 4. The largest absolute Gasteiger partial charge is 0.329 e. The summed E-state index contributed by atoms with van der Waals surface area (Å²) in [4.78, 5) is 2.28. The molecular weight excluding hydrogens is 239 g/mol. The van der Waals surface area contributed by atoms with Gasteiger partial charge in [0.25, 0.3) is 0 Å². The predicted molar refractivity (Wildman–Crippen MR) is 77.4 cm³/mol. The molecule has 1 aliphatic rings. The number of nitrogens with zero attached hydrogens (tertiary/aromatic N) is 1. The van der Waals surface area contributed by atoms with Crippen molar-refractivity contribution in [2.24, 2.45) is 11.7 Å². The van der Waals surface area contributed by atoms with E-state index in [2.05, 4.69) is 18.9 Å². The van der Waals surface area contributed by atoms with Crippen LogP contribution in [-0.2, 0) is 0 Å². The van der Waals surface area contributed by atoms with Crippen LogP contribution in [0.2, 0.25) is 0 Å². The summed E-state index contributed by atoms with van der Waals surface area (Å²) in [5.74, 6) is 0.684. The number of nitrogens with two attached hydrogens (primary N) is 1. The van der Waals surface area contributed by atoms with Crippen molar-refractivity contribution in [1.82, 2.24) is 4.90 Å². The minimum absolute atomic E-state index is 0.0143. The maximum Gasteiger partial charge on any atom is 0.128 e. The number of hydrogen-bond acceptors (Lipinski definition) is 2. The molecule has 0 aliphatic heterocycles. The number of benzene rings is 1. The maximum atomic E-state index is 13.9. The third-order valence-corrected chi connectivity index (χ3v) is 4.54. The third kappa shape index (κ3) is 3.34. The van der Waals surface area contributed by atoms with Crippen LogP contribution >= 0.6 is 0 Å². The van der Waals surface area contributed by atoms with Gasteiger partial charge in [-0.05, 0) is 44.7 Å². The first-order chi connectivity index (χ1) is 9.13. The van der Waals surface area contributed by atoms with Crippen molar-refractivity contribution in [3.05, 3.63) is 35.6 Å². The van der Waals surface area contributed by atoms with Crippen LogP contribution in [-0.4, -0.2) is 24.5 Å². The molecule has 2 nitrogen and oxygen atoms in total. The third-order valence-electron chi connectivity index (χ3n) is 4.54. The molecule has 1 fully saturated rings. The van der Waals surface area contributed by atoms with Crippen molar-refractivity contribution in [2.45, 2.75) is 44.7 Å². The van der Waals surface area contributed by atoms with Gasteiger partial charge in [-0.25, -0.2) is 4.39 Å². The lowest BCUT2D eigenvalue weighted by molar-refractivity contribution is 0.124. The molecule has 1 unspecified atom stereocenters. The Hall–Kier alpha value is -0.930. The number of hydrogen-bond donors (Lipinski definition) is 1. The Kier molecular flexibility index (Phi) is 4.94. The Morgan fingerprint density at radius 1 is 1.26 bits per heavy atom. The van der Waals surface area contributed by atoms with Crippen LogP contribution < -0.4 is 5.73 Å². The van der Waals surface area contributed by atoms with Gasteiger partial charge in [0.1, 0.15) is 5.82 Å². The van der Waals surface area contributed by atoms with Crippen molar-refractivity contribution in [1.29, 1.82) is 0 Å². The number of likely N-dealkylation sites (N-methyl/N-ethyl adjacent to an activating group) is 1. The van der Waals surface area contributed by atoms with Crippen LogP contribution in [0.1, 0.15) is 44.2 Å². The maximum absolute atomic E-state index is 13.9.